The Morgan fingerprint density at radius 3 is 2.52 bits per heavy atom. The van der Waals surface area contributed by atoms with Crippen molar-refractivity contribution < 1.29 is 19.4 Å². The number of carbonyl (C=O) groups is 2. The molecule has 2 N–H and O–H groups in total. The maximum absolute atomic E-state index is 12.7. The van der Waals surface area contributed by atoms with Crippen molar-refractivity contribution in [3.8, 4) is 16.9 Å². The van der Waals surface area contributed by atoms with E-state index in [1.807, 2.05) is 30.3 Å². The van der Waals surface area contributed by atoms with Gasteiger partial charge in [0, 0.05) is 11.6 Å². The molecule has 0 atom stereocenters. The van der Waals surface area contributed by atoms with Gasteiger partial charge < -0.3 is 15.2 Å². The minimum absolute atomic E-state index is 0.194. The van der Waals surface area contributed by atoms with Crippen LogP contribution in [0.15, 0.2) is 60.7 Å². The van der Waals surface area contributed by atoms with Crippen LogP contribution in [0.5, 0.6) is 5.75 Å². The Hall–Kier alpha value is -3.02. The van der Waals surface area contributed by atoms with Crippen molar-refractivity contribution in [2.24, 2.45) is 0 Å². The molecule has 0 unspecified atom stereocenters. The standard InChI is InChI=1S/C22H17Cl2NO4/c1-29-20-18(10-16(23)11-19(20)24)21(26)25-12-15-5-2-3-8-17(15)13-6-4-7-14(9-13)22(27)28/h2-11H,12H2,1H3,(H,25,26)(H,27,28). The van der Waals surface area contributed by atoms with Gasteiger partial charge in [0.05, 0.1) is 23.3 Å². The number of halogens is 2. The van der Waals surface area contributed by atoms with Crippen LogP contribution in [0.25, 0.3) is 11.1 Å². The second-order valence-corrected chi connectivity index (χ2v) is 7.04. The molecule has 0 spiro atoms. The maximum Gasteiger partial charge on any atom is 0.335 e. The van der Waals surface area contributed by atoms with Gasteiger partial charge in [-0.2, -0.15) is 0 Å². The van der Waals surface area contributed by atoms with Gasteiger partial charge in [-0.1, -0.05) is 59.6 Å². The first kappa shape index (κ1) is 20.7. The van der Waals surface area contributed by atoms with Crippen molar-refractivity contribution in [3.05, 3.63) is 87.4 Å². The van der Waals surface area contributed by atoms with Gasteiger partial charge in [0.25, 0.3) is 5.91 Å². The summed E-state index contributed by atoms with van der Waals surface area (Å²) in [4.78, 5) is 24.0. The van der Waals surface area contributed by atoms with Crippen LogP contribution in [0.3, 0.4) is 0 Å². The number of carboxylic acid groups (broad SMARTS) is 1. The van der Waals surface area contributed by atoms with Gasteiger partial charge in [0.1, 0.15) is 5.75 Å². The number of aromatic carboxylic acids is 1. The molecule has 7 heteroatoms. The minimum Gasteiger partial charge on any atom is -0.494 e. The average molecular weight is 430 g/mol. The first-order valence-electron chi connectivity index (χ1n) is 8.63. The average Bonchev–Trinajstić information content (AvgIpc) is 2.71. The number of ether oxygens (including phenoxy) is 1. The molecular weight excluding hydrogens is 413 g/mol. The second kappa shape index (κ2) is 8.99. The van der Waals surface area contributed by atoms with E-state index in [-0.39, 0.29) is 34.4 Å². The molecule has 3 aromatic rings. The van der Waals surface area contributed by atoms with Gasteiger partial charge in [-0.15, -0.1) is 0 Å². The lowest BCUT2D eigenvalue weighted by molar-refractivity contribution is 0.0696. The Balaban J connectivity index is 1.87. The Labute approximate surface area is 177 Å². The third kappa shape index (κ3) is 4.70. The lowest BCUT2D eigenvalue weighted by atomic mass is 9.98. The molecule has 1 amide bonds. The summed E-state index contributed by atoms with van der Waals surface area (Å²) in [6.07, 6.45) is 0. The zero-order chi connectivity index (χ0) is 21.0. The van der Waals surface area contributed by atoms with Crippen molar-refractivity contribution in [3.63, 3.8) is 0 Å². The molecule has 0 radical (unpaired) electrons. The van der Waals surface area contributed by atoms with Crippen molar-refractivity contribution in [1.82, 2.24) is 5.32 Å². The molecule has 0 saturated carbocycles. The fourth-order valence-electron chi connectivity index (χ4n) is 2.98. The molecule has 0 aromatic heterocycles. The number of carbonyl (C=O) groups excluding carboxylic acids is 1. The molecule has 0 aliphatic carbocycles. The molecule has 148 valence electrons. The summed E-state index contributed by atoms with van der Waals surface area (Å²) in [7, 11) is 1.43. The summed E-state index contributed by atoms with van der Waals surface area (Å²) < 4.78 is 5.23. The number of methoxy groups -OCH3 is 1. The molecule has 0 saturated heterocycles. The number of carboxylic acids is 1. The number of amides is 1. The summed E-state index contributed by atoms with van der Waals surface area (Å²) in [6, 6.07) is 17.1. The van der Waals surface area contributed by atoms with E-state index in [9.17, 15) is 14.7 Å². The van der Waals surface area contributed by atoms with E-state index in [1.165, 1.54) is 25.3 Å². The highest BCUT2D eigenvalue weighted by molar-refractivity contribution is 6.36. The number of hydrogen-bond acceptors (Lipinski definition) is 3. The first-order chi connectivity index (χ1) is 13.9. The summed E-state index contributed by atoms with van der Waals surface area (Å²) in [5.74, 6) is -1.14. The molecule has 0 heterocycles. The third-order valence-electron chi connectivity index (χ3n) is 4.33. The van der Waals surface area contributed by atoms with Crippen molar-refractivity contribution >= 4 is 35.1 Å². The van der Waals surface area contributed by atoms with Crippen molar-refractivity contribution in [1.29, 1.82) is 0 Å². The van der Waals surface area contributed by atoms with Gasteiger partial charge in [-0.05, 0) is 41.0 Å². The van der Waals surface area contributed by atoms with Crippen molar-refractivity contribution in [2.45, 2.75) is 6.54 Å². The van der Waals surface area contributed by atoms with Crippen LogP contribution in [0, 0.1) is 0 Å². The number of rotatable bonds is 6. The summed E-state index contributed by atoms with van der Waals surface area (Å²) in [5.41, 5.74) is 2.83. The topological polar surface area (TPSA) is 75.6 Å². The zero-order valence-corrected chi connectivity index (χ0v) is 16.9. The number of hydrogen-bond donors (Lipinski definition) is 2. The van der Waals surface area contributed by atoms with E-state index in [1.54, 1.807) is 12.1 Å². The smallest absolute Gasteiger partial charge is 0.335 e. The van der Waals surface area contributed by atoms with Gasteiger partial charge in [0.2, 0.25) is 0 Å². The van der Waals surface area contributed by atoms with Crippen LogP contribution in [0.1, 0.15) is 26.3 Å². The molecule has 5 nitrogen and oxygen atoms in total. The van der Waals surface area contributed by atoms with Crippen LogP contribution in [-0.4, -0.2) is 24.1 Å². The summed E-state index contributed by atoms with van der Waals surface area (Å²) >= 11 is 12.1. The Morgan fingerprint density at radius 2 is 1.79 bits per heavy atom. The fourth-order valence-corrected chi connectivity index (χ4v) is 3.55. The molecule has 0 aliphatic rings. The molecule has 0 aliphatic heterocycles. The van der Waals surface area contributed by atoms with Crippen LogP contribution < -0.4 is 10.1 Å². The van der Waals surface area contributed by atoms with Crippen LogP contribution >= 0.6 is 23.2 Å². The lowest BCUT2D eigenvalue weighted by Gasteiger charge is -2.14. The molecule has 0 fully saturated rings. The second-order valence-electron chi connectivity index (χ2n) is 6.19. The predicted octanol–water partition coefficient (Wildman–Crippen LogP) is 5.30. The lowest BCUT2D eigenvalue weighted by Crippen LogP contribution is -2.23. The van der Waals surface area contributed by atoms with E-state index in [4.69, 9.17) is 27.9 Å². The number of benzene rings is 3. The third-order valence-corrected chi connectivity index (χ3v) is 4.83. The summed E-state index contributed by atoms with van der Waals surface area (Å²) in [5, 5.41) is 12.6. The van der Waals surface area contributed by atoms with E-state index in [2.05, 4.69) is 5.32 Å². The largest absolute Gasteiger partial charge is 0.494 e. The molecular formula is C22H17Cl2NO4. The van der Waals surface area contributed by atoms with Gasteiger partial charge in [0.15, 0.2) is 0 Å². The van der Waals surface area contributed by atoms with Gasteiger partial charge in [-0.3, -0.25) is 4.79 Å². The minimum atomic E-state index is -0.998. The first-order valence-corrected chi connectivity index (χ1v) is 9.39. The molecule has 3 rings (SSSR count). The SMILES string of the molecule is COc1c(Cl)cc(Cl)cc1C(=O)NCc1ccccc1-c1cccc(C(=O)O)c1. The Kier molecular flexibility index (Phi) is 6.42. The Bertz CT molecular complexity index is 1080. The number of nitrogens with one attached hydrogen (secondary N) is 1. The molecule has 3 aromatic carbocycles. The highest BCUT2D eigenvalue weighted by Crippen LogP contribution is 2.32. The fraction of sp³-hybridized carbons (Fsp3) is 0.0909. The van der Waals surface area contributed by atoms with E-state index >= 15 is 0 Å². The van der Waals surface area contributed by atoms with Gasteiger partial charge in [-0.25, -0.2) is 4.79 Å². The summed E-state index contributed by atoms with van der Waals surface area (Å²) in [6.45, 7) is 0.222. The Morgan fingerprint density at radius 1 is 1.03 bits per heavy atom. The van der Waals surface area contributed by atoms with Gasteiger partial charge >= 0.3 is 5.97 Å². The van der Waals surface area contributed by atoms with E-state index < -0.39 is 5.97 Å². The van der Waals surface area contributed by atoms with E-state index in [0.717, 1.165) is 16.7 Å². The normalized spacial score (nSPS) is 10.4. The molecule has 29 heavy (non-hydrogen) atoms. The van der Waals surface area contributed by atoms with Crippen molar-refractivity contribution in [2.75, 3.05) is 7.11 Å². The van der Waals surface area contributed by atoms with E-state index in [0.29, 0.717) is 5.02 Å². The quantitative estimate of drug-likeness (QED) is 0.557. The highest BCUT2D eigenvalue weighted by Gasteiger charge is 2.17. The zero-order valence-electron chi connectivity index (χ0n) is 15.4. The van der Waals surface area contributed by atoms with Crippen LogP contribution in [0.2, 0.25) is 10.0 Å². The van der Waals surface area contributed by atoms with Crippen LogP contribution in [0.4, 0.5) is 0 Å². The maximum atomic E-state index is 12.7. The highest BCUT2D eigenvalue weighted by atomic mass is 35.5. The molecule has 0 bridgehead atoms. The van der Waals surface area contributed by atoms with Crippen LogP contribution in [-0.2, 0) is 6.54 Å². The predicted molar refractivity (Wildman–Crippen MR) is 113 cm³/mol. The monoisotopic (exact) mass is 429 g/mol.